The van der Waals surface area contributed by atoms with E-state index in [1.165, 1.54) is 23.5 Å². The molecule has 1 heterocycles. The number of alkyl halides is 3. The number of sulfonamides is 1. The van der Waals surface area contributed by atoms with Gasteiger partial charge < -0.3 is 14.6 Å². The lowest BCUT2D eigenvalue weighted by molar-refractivity contribution is -0.147. The molecule has 0 saturated heterocycles. The molecule has 3 aromatic rings. The van der Waals surface area contributed by atoms with E-state index >= 15 is 0 Å². The summed E-state index contributed by atoms with van der Waals surface area (Å²) >= 11 is 0. The van der Waals surface area contributed by atoms with Gasteiger partial charge in [-0.15, -0.1) is 0 Å². The van der Waals surface area contributed by atoms with Crippen molar-refractivity contribution in [2.45, 2.75) is 37.9 Å². The Kier molecular flexibility index (Phi) is 7.51. The van der Waals surface area contributed by atoms with Crippen LogP contribution in [0.15, 0.2) is 47.4 Å². The number of benzene rings is 2. The van der Waals surface area contributed by atoms with Crippen LogP contribution in [-0.2, 0) is 27.5 Å². The number of halogens is 3. The van der Waals surface area contributed by atoms with Crippen molar-refractivity contribution in [2.75, 3.05) is 25.5 Å². The number of fused-ring (bicyclic) bond motifs is 1. The minimum Gasteiger partial charge on any atom is -0.497 e. The van der Waals surface area contributed by atoms with E-state index in [0.717, 1.165) is 10.6 Å². The van der Waals surface area contributed by atoms with Crippen LogP contribution in [0.4, 0.5) is 18.9 Å². The van der Waals surface area contributed by atoms with Crippen molar-refractivity contribution < 1.29 is 31.1 Å². The fourth-order valence-electron chi connectivity index (χ4n) is 3.54. The molecule has 34 heavy (non-hydrogen) atoms. The van der Waals surface area contributed by atoms with Gasteiger partial charge in [-0.25, -0.2) is 13.4 Å². The molecule has 0 atom stereocenters. The number of hydrogen-bond acceptors (Lipinski definition) is 5. The van der Waals surface area contributed by atoms with Crippen LogP contribution in [0.25, 0.3) is 11.0 Å². The number of nitrogens with one attached hydrogen (secondary N) is 1. The number of methoxy groups -OCH3 is 1. The quantitative estimate of drug-likeness (QED) is 0.479. The fourth-order valence-corrected chi connectivity index (χ4v) is 5.02. The van der Waals surface area contributed by atoms with Gasteiger partial charge in [-0.3, -0.25) is 4.79 Å². The molecule has 12 heteroatoms. The zero-order chi connectivity index (χ0) is 25.1. The van der Waals surface area contributed by atoms with Crippen molar-refractivity contribution in [3.05, 3.63) is 48.3 Å². The molecule has 0 aliphatic heterocycles. The summed E-state index contributed by atoms with van der Waals surface area (Å²) in [6.45, 7) is 3.50. The van der Waals surface area contributed by atoms with E-state index in [1.807, 2.05) is 0 Å². The van der Waals surface area contributed by atoms with Crippen molar-refractivity contribution in [3.8, 4) is 5.75 Å². The average molecular weight is 499 g/mol. The van der Waals surface area contributed by atoms with Gasteiger partial charge in [0.15, 0.2) is 0 Å². The Morgan fingerprint density at radius 1 is 1.12 bits per heavy atom. The van der Waals surface area contributed by atoms with Gasteiger partial charge in [0.1, 0.15) is 5.75 Å². The first-order chi connectivity index (χ1) is 16.0. The second-order valence-electron chi connectivity index (χ2n) is 7.35. The number of carbonyl (C=O) groups is 1. The molecule has 0 fully saturated rings. The molecular formula is C22H25F3N4O4S. The van der Waals surface area contributed by atoms with Crippen LogP contribution in [0.5, 0.6) is 5.75 Å². The van der Waals surface area contributed by atoms with Gasteiger partial charge >= 0.3 is 6.18 Å². The molecule has 0 aliphatic carbocycles. The maximum absolute atomic E-state index is 13.7. The summed E-state index contributed by atoms with van der Waals surface area (Å²) in [5.41, 5.74) is 0.447. The number of carbonyl (C=O) groups excluding carboxylic acids is 1. The van der Waals surface area contributed by atoms with Gasteiger partial charge in [-0.05, 0) is 42.5 Å². The van der Waals surface area contributed by atoms with Gasteiger partial charge in [0, 0.05) is 31.7 Å². The summed E-state index contributed by atoms with van der Waals surface area (Å²) in [5, 5.41) is 2.62. The highest BCUT2D eigenvalue weighted by Gasteiger charge is 2.38. The Balaban J connectivity index is 1.89. The number of aromatic nitrogens is 2. The molecule has 1 aromatic heterocycles. The predicted octanol–water partition coefficient (Wildman–Crippen LogP) is 4.12. The van der Waals surface area contributed by atoms with E-state index in [0.29, 0.717) is 11.4 Å². The van der Waals surface area contributed by atoms with Crippen molar-refractivity contribution >= 4 is 32.7 Å². The number of imidazole rings is 1. The van der Waals surface area contributed by atoms with Gasteiger partial charge in [-0.2, -0.15) is 17.5 Å². The second-order valence-corrected chi connectivity index (χ2v) is 9.29. The first-order valence-electron chi connectivity index (χ1n) is 10.5. The maximum Gasteiger partial charge on any atom is 0.449 e. The Hall–Kier alpha value is -3.12. The summed E-state index contributed by atoms with van der Waals surface area (Å²) in [4.78, 5) is 15.9. The smallest absolute Gasteiger partial charge is 0.449 e. The Morgan fingerprint density at radius 2 is 1.76 bits per heavy atom. The zero-order valence-corrected chi connectivity index (χ0v) is 19.7. The van der Waals surface area contributed by atoms with Crippen LogP contribution in [0.1, 0.15) is 26.1 Å². The minimum atomic E-state index is -4.79. The lowest BCUT2D eigenvalue weighted by Gasteiger charge is -2.18. The Labute approximate surface area is 195 Å². The van der Waals surface area contributed by atoms with Crippen LogP contribution in [0, 0.1) is 0 Å². The van der Waals surface area contributed by atoms with E-state index in [-0.39, 0.29) is 42.0 Å². The number of nitrogens with zero attached hydrogens (tertiary/aromatic N) is 3. The van der Waals surface area contributed by atoms with Crippen LogP contribution >= 0.6 is 0 Å². The average Bonchev–Trinajstić information content (AvgIpc) is 3.17. The van der Waals surface area contributed by atoms with Crippen molar-refractivity contribution in [2.24, 2.45) is 0 Å². The molecule has 0 spiro atoms. The molecule has 184 valence electrons. The van der Waals surface area contributed by atoms with Crippen LogP contribution in [-0.4, -0.2) is 48.4 Å². The fraction of sp³-hybridized carbons (Fsp3) is 0.364. The molecule has 2 aromatic carbocycles. The second kappa shape index (κ2) is 10.0. The molecule has 1 amide bonds. The molecule has 0 radical (unpaired) electrons. The van der Waals surface area contributed by atoms with Gasteiger partial charge in [-0.1, -0.05) is 13.8 Å². The molecular weight excluding hydrogens is 473 g/mol. The lowest BCUT2D eigenvalue weighted by atomic mass is 10.2. The largest absolute Gasteiger partial charge is 0.497 e. The number of rotatable bonds is 9. The summed E-state index contributed by atoms with van der Waals surface area (Å²) < 4.78 is 73.7. The molecule has 1 N–H and O–H groups in total. The monoisotopic (exact) mass is 498 g/mol. The topological polar surface area (TPSA) is 93.5 Å². The summed E-state index contributed by atoms with van der Waals surface area (Å²) in [5.74, 6) is -1.09. The third-order valence-electron chi connectivity index (χ3n) is 5.25. The van der Waals surface area contributed by atoms with Crippen molar-refractivity contribution in [1.29, 1.82) is 0 Å². The third-order valence-corrected chi connectivity index (χ3v) is 7.30. The highest BCUT2D eigenvalue weighted by atomic mass is 32.2. The van der Waals surface area contributed by atoms with Gasteiger partial charge in [0.25, 0.3) is 0 Å². The van der Waals surface area contributed by atoms with Crippen molar-refractivity contribution in [1.82, 2.24) is 13.9 Å². The highest BCUT2D eigenvalue weighted by Crippen LogP contribution is 2.33. The number of hydrogen-bond donors (Lipinski definition) is 1. The zero-order valence-electron chi connectivity index (χ0n) is 18.9. The highest BCUT2D eigenvalue weighted by molar-refractivity contribution is 7.89. The normalized spacial score (nSPS) is 12.3. The summed E-state index contributed by atoms with van der Waals surface area (Å²) in [7, 11) is -2.36. The maximum atomic E-state index is 13.7. The van der Waals surface area contributed by atoms with Gasteiger partial charge in [0.2, 0.25) is 21.8 Å². The lowest BCUT2D eigenvalue weighted by Crippen LogP contribution is -2.30. The number of ether oxygens (including phenoxy) is 1. The number of anilines is 1. The molecule has 3 rings (SSSR count). The minimum absolute atomic E-state index is 0.0862. The first kappa shape index (κ1) is 25.5. The Morgan fingerprint density at radius 3 is 2.32 bits per heavy atom. The predicted molar refractivity (Wildman–Crippen MR) is 121 cm³/mol. The molecule has 8 nitrogen and oxygen atoms in total. The molecule has 0 bridgehead atoms. The standard InChI is InChI=1S/C22H25F3N4O4S/c1-4-28(5-2)34(31,32)17-10-11-19-18(14-17)27-21(22(23,24)25)29(19)13-12-20(30)26-15-6-8-16(33-3)9-7-15/h6-11,14H,4-5,12-13H2,1-3H3,(H,26,30). The molecule has 0 aliphatic rings. The van der Waals surface area contributed by atoms with Crippen molar-refractivity contribution in [3.63, 3.8) is 0 Å². The number of amides is 1. The van der Waals surface area contributed by atoms with Gasteiger partial charge in [0.05, 0.1) is 23.0 Å². The van der Waals surface area contributed by atoms with E-state index < -0.39 is 27.9 Å². The number of aryl methyl sites for hydroxylation is 1. The van der Waals surface area contributed by atoms with E-state index in [9.17, 15) is 26.4 Å². The molecule has 0 saturated carbocycles. The van der Waals surface area contributed by atoms with E-state index in [2.05, 4.69) is 10.3 Å². The summed E-state index contributed by atoms with van der Waals surface area (Å²) in [6.07, 6.45) is -5.04. The van der Waals surface area contributed by atoms with Crippen LogP contribution in [0.3, 0.4) is 0 Å². The van der Waals surface area contributed by atoms with Crippen LogP contribution < -0.4 is 10.1 Å². The van der Waals surface area contributed by atoms with E-state index in [4.69, 9.17) is 4.74 Å². The SMILES string of the molecule is CCN(CC)S(=O)(=O)c1ccc2c(c1)nc(C(F)(F)F)n2CCC(=O)Nc1ccc(OC)cc1. The van der Waals surface area contributed by atoms with E-state index in [1.54, 1.807) is 38.1 Å². The Bertz CT molecular complexity index is 1270. The first-order valence-corrected chi connectivity index (χ1v) is 12.0. The third kappa shape index (κ3) is 5.33. The summed E-state index contributed by atoms with van der Waals surface area (Å²) in [6, 6.07) is 10.2. The molecule has 0 unspecified atom stereocenters. The van der Waals surface area contributed by atoms with Crippen LogP contribution in [0.2, 0.25) is 0 Å².